The number of esters is 1. The van der Waals surface area contributed by atoms with Gasteiger partial charge in [0.2, 0.25) is 5.91 Å². The molecule has 3 heterocycles. The fourth-order valence-corrected chi connectivity index (χ4v) is 4.60. The number of fused-ring (bicyclic) bond motifs is 1. The normalized spacial score (nSPS) is 12.0. The van der Waals surface area contributed by atoms with Gasteiger partial charge in [0.05, 0.1) is 30.1 Å². The number of pyridine rings is 1. The van der Waals surface area contributed by atoms with Gasteiger partial charge in [-0.3, -0.25) is 19.0 Å². The second-order valence-electron chi connectivity index (χ2n) is 7.86. The number of carbonyl (C=O) groups is 2. The highest BCUT2D eigenvalue weighted by molar-refractivity contribution is 7.13. The number of carbonyl (C=O) groups excluding carboxylic acids is 2. The molecule has 4 aromatic rings. The predicted molar refractivity (Wildman–Crippen MR) is 131 cm³/mol. The smallest absolute Gasteiger partial charge is 0.311 e. The molecule has 10 heteroatoms. The Hall–Kier alpha value is -3.79. The number of ether oxygens (including phenoxy) is 1. The number of anilines is 1. The lowest BCUT2D eigenvalue weighted by Gasteiger charge is -2.18. The van der Waals surface area contributed by atoms with Gasteiger partial charge in [0.15, 0.2) is 5.13 Å². The molecule has 1 atom stereocenters. The van der Waals surface area contributed by atoms with Crippen LogP contribution >= 0.6 is 11.3 Å². The van der Waals surface area contributed by atoms with Crippen molar-refractivity contribution in [2.24, 2.45) is 0 Å². The summed E-state index contributed by atoms with van der Waals surface area (Å²) in [6.07, 6.45) is 0.0311. The highest BCUT2D eigenvalue weighted by Gasteiger charge is 2.24. The van der Waals surface area contributed by atoms with Gasteiger partial charge >= 0.3 is 5.97 Å². The number of benzene rings is 1. The van der Waals surface area contributed by atoms with Crippen molar-refractivity contribution in [1.82, 2.24) is 19.3 Å². The van der Waals surface area contributed by atoms with Crippen LogP contribution in [-0.4, -0.2) is 37.8 Å². The van der Waals surface area contributed by atoms with Crippen LogP contribution in [0.1, 0.15) is 36.8 Å². The number of nitrogens with zero attached hydrogens (tertiary/aromatic N) is 4. The van der Waals surface area contributed by atoms with Crippen molar-refractivity contribution in [3.05, 3.63) is 69.1 Å². The standard InChI is InChI=1S/C24H25N5O4S/c1-5-33-20(31)12-17-13-34-24(25-17)26-22(32)16(4)28-19(30)11-14(2)21-15(3)27-29(23(21)28)18-9-7-6-8-10-18/h6-11,13,16H,5,12H2,1-4H3,(H,25,26,32). The van der Waals surface area contributed by atoms with Gasteiger partial charge in [-0.15, -0.1) is 11.3 Å². The van der Waals surface area contributed by atoms with Gasteiger partial charge in [-0.2, -0.15) is 5.10 Å². The molecule has 176 valence electrons. The van der Waals surface area contributed by atoms with Crippen LogP contribution in [0.5, 0.6) is 0 Å². The Balaban J connectivity index is 1.70. The largest absolute Gasteiger partial charge is 0.466 e. The second-order valence-corrected chi connectivity index (χ2v) is 8.72. The maximum atomic E-state index is 13.2. The molecule has 0 aliphatic carbocycles. The van der Waals surface area contributed by atoms with Gasteiger partial charge in [0.25, 0.3) is 5.56 Å². The molecule has 1 aromatic carbocycles. The molecular formula is C24H25N5O4S. The Morgan fingerprint density at radius 1 is 1.21 bits per heavy atom. The zero-order valence-corrected chi connectivity index (χ0v) is 20.2. The van der Waals surface area contributed by atoms with Crippen molar-refractivity contribution in [2.75, 3.05) is 11.9 Å². The maximum Gasteiger partial charge on any atom is 0.311 e. The fraction of sp³-hybridized carbons (Fsp3) is 0.292. The average Bonchev–Trinajstić information content (AvgIpc) is 3.38. The van der Waals surface area contributed by atoms with Crippen molar-refractivity contribution in [1.29, 1.82) is 0 Å². The van der Waals surface area contributed by atoms with Crippen molar-refractivity contribution in [3.8, 4) is 5.69 Å². The summed E-state index contributed by atoms with van der Waals surface area (Å²) < 4.78 is 8.09. The van der Waals surface area contributed by atoms with E-state index < -0.39 is 11.9 Å². The number of aromatic nitrogens is 4. The van der Waals surface area contributed by atoms with Crippen LogP contribution in [0.15, 0.2) is 46.6 Å². The second kappa shape index (κ2) is 9.60. The van der Waals surface area contributed by atoms with E-state index in [1.807, 2.05) is 44.2 Å². The molecule has 0 aliphatic rings. The summed E-state index contributed by atoms with van der Waals surface area (Å²) in [4.78, 5) is 42.3. The molecule has 4 rings (SSSR count). The Kier molecular flexibility index (Phi) is 6.60. The van der Waals surface area contributed by atoms with Crippen LogP contribution in [0.4, 0.5) is 5.13 Å². The van der Waals surface area contributed by atoms with Crippen molar-refractivity contribution in [2.45, 2.75) is 40.2 Å². The molecule has 1 unspecified atom stereocenters. The summed E-state index contributed by atoms with van der Waals surface area (Å²) in [6, 6.07) is 10.2. The molecule has 0 radical (unpaired) electrons. The van der Waals surface area contributed by atoms with Crippen molar-refractivity contribution >= 4 is 39.4 Å². The van der Waals surface area contributed by atoms with E-state index in [9.17, 15) is 14.4 Å². The fourth-order valence-electron chi connectivity index (χ4n) is 3.89. The number of rotatable bonds is 7. The van der Waals surface area contributed by atoms with Gasteiger partial charge in [-0.1, -0.05) is 18.2 Å². The van der Waals surface area contributed by atoms with E-state index in [2.05, 4.69) is 15.4 Å². The minimum atomic E-state index is -0.841. The van der Waals surface area contributed by atoms with Crippen LogP contribution in [0.2, 0.25) is 0 Å². The predicted octanol–water partition coefficient (Wildman–Crippen LogP) is 3.57. The lowest BCUT2D eigenvalue weighted by molar-refractivity contribution is -0.142. The molecule has 3 aromatic heterocycles. The molecule has 0 saturated carbocycles. The molecule has 0 aliphatic heterocycles. The summed E-state index contributed by atoms with van der Waals surface area (Å²) in [6.45, 7) is 7.44. The zero-order valence-electron chi connectivity index (χ0n) is 19.4. The molecule has 1 amide bonds. The number of hydrogen-bond donors (Lipinski definition) is 1. The molecular weight excluding hydrogens is 454 g/mol. The van der Waals surface area contributed by atoms with Crippen molar-refractivity contribution in [3.63, 3.8) is 0 Å². The van der Waals surface area contributed by atoms with Crippen LogP contribution in [0.3, 0.4) is 0 Å². The number of para-hydroxylation sites is 1. The Labute approximate surface area is 200 Å². The summed E-state index contributed by atoms with van der Waals surface area (Å²) in [7, 11) is 0. The van der Waals surface area contributed by atoms with Gasteiger partial charge in [0.1, 0.15) is 11.7 Å². The number of amides is 1. The van der Waals surface area contributed by atoms with Crippen LogP contribution in [0, 0.1) is 13.8 Å². The molecule has 9 nitrogen and oxygen atoms in total. The Morgan fingerprint density at radius 3 is 2.65 bits per heavy atom. The summed E-state index contributed by atoms with van der Waals surface area (Å²) in [5, 5.41) is 10.3. The highest BCUT2D eigenvalue weighted by atomic mass is 32.1. The first-order chi connectivity index (χ1) is 16.3. The monoisotopic (exact) mass is 479 g/mol. The Bertz CT molecular complexity index is 1420. The zero-order chi connectivity index (χ0) is 24.4. The summed E-state index contributed by atoms with van der Waals surface area (Å²) in [5.41, 5.74) is 3.12. The third-order valence-electron chi connectivity index (χ3n) is 5.42. The van der Waals surface area contributed by atoms with E-state index in [0.29, 0.717) is 23.1 Å². The minimum absolute atomic E-state index is 0.0311. The van der Waals surface area contributed by atoms with Gasteiger partial charge in [0, 0.05) is 16.8 Å². The first-order valence-electron chi connectivity index (χ1n) is 10.9. The first-order valence-corrected chi connectivity index (χ1v) is 11.8. The molecule has 0 bridgehead atoms. The van der Waals surface area contributed by atoms with Crippen molar-refractivity contribution < 1.29 is 14.3 Å². The van der Waals surface area contributed by atoms with E-state index in [-0.39, 0.29) is 17.9 Å². The van der Waals surface area contributed by atoms with E-state index in [0.717, 1.165) is 22.3 Å². The van der Waals surface area contributed by atoms with Crippen LogP contribution in [0.25, 0.3) is 16.7 Å². The maximum absolute atomic E-state index is 13.2. The third-order valence-corrected chi connectivity index (χ3v) is 6.22. The summed E-state index contributed by atoms with van der Waals surface area (Å²) >= 11 is 1.21. The van der Waals surface area contributed by atoms with Gasteiger partial charge in [-0.05, 0) is 45.4 Å². The number of aryl methyl sites for hydroxylation is 2. The molecule has 0 fully saturated rings. The van der Waals surface area contributed by atoms with Gasteiger partial charge in [-0.25, -0.2) is 9.67 Å². The highest BCUT2D eigenvalue weighted by Crippen LogP contribution is 2.26. The van der Waals surface area contributed by atoms with Crippen LogP contribution < -0.4 is 10.9 Å². The van der Waals surface area contributed by atoms with E-state index in [4.69, 9.17) is 4.74 Å². The minimum Gasteiger partial charge on any atom is -0.466 e. The number of thiazole rings is 1. The molecule has 0 saturated heterocycles. The molecule has 34 heavy (non-hydrogen) atoms. The lowest BCUT2D eigenvalue weighted by Crippen LogP contribution is -2.32. The molecule has 1 N–H and O–H groups in total. The summed E-state index contributed by atoms with van der Waals surface area (Å²) in [5.74, 6) is -0.778. The van der Waals surface area contributed by atoms with E-state index in [1.165, 1.54) is 22.0 Å². The first kappa shape index (κ1) is 23.4. The Morgan fingerprint density at radius 2 is 1.94 bits per heavy atom. The van der Waals surface area contributed by atoms with E-state index >= 15 is 0 Å². The number of nitrogens with one attached hydrogen (secondary N) is 1. The van der Waals surface area contributed by atoms with Crippen LogP contribution in [-0.2, 0) is 20.7 Å². The van der Waals surface area contributed by atoms with E-state index in [1.54, 1.807) is 23.9 Å². The quantitative estimate of drug-likeness (QED) is 0.406. The SMILES string of the molecule is CCOC(=O)Cc1csc(NC(=O)C(C)n2c(=O)cc(C)c3c(C)nn(-c4ccccc4)c32)n1. The average molecular weight is 480 g/mol. The topological polar surface area (TPSA) is 108 Å². The third kappa shape index (κ3) is 4.49. The lowest BCUT2D eigenvalue weighted by atomic mass is 10.1. The van der Waals surface area contributed by atoms with Gasteiger partial charge < -0.3 is 10.1 Å². The number of hydrogen-bond acceptors (Lipinski definition) is 7. The molecule has 0 spiro atoms.